The first-order valence-electron chi connectivity index (χ1n) is 7.72. The molecule has 0 radical (unpaired) electrons. The third kappa shape index (κ3) is 4.64. The second-order valence-electron chi connectivity index (χ2n) is 5.66. The molecule has 3 rings (SSSR count). The van der Waals surface area contributed by atoms with Crippen LogP contribution < -0.4 is 10.0 Å². The van der Waals surface area contributed by atoms with E-state index in [-0.39, 0.29) is 10.6 Å². The number of carbonyl (C=O) groups excluding carboxylic acids is 1. The minimum atomic E-state index is -4.66. The van der Waals surface area contributed by atoms with Crippen molar-refractivity contribution in [3.63, 3.8) is 0 Å². The Hall–Kier alpha value is -2.14. The molecule has 28 heavy (non-hydrogen) atoms. The topological polar surface area (TPSA) is 75.3 Å². The molecule has 148 valence electrons. The van der Waals surface area contributed by atoms with Crippen LogP contribution in [0.25, 0.3) is 10.1 Å². The number of amides is 1. The Labute approximate surface area is 167 Å². The van der Waals surface area contributed by atoms with Gasteiger partial charge in [0.15, 0.2) is 0 Å². The van der Waals surface area contributed by atoms with Crippen molar-refractivity contribution in [1.29, 1.82) is 0 Å². The largest absolute Gasteiger partial charge is 0.402 e. The van der Waals surface area contributed by atoms with E-state index in [9.17, 15) is 26.4 Å². The van der Waals surface area contributed by atoms with E-state index in [1.54, 1.807) is 12.1 Å². The highest BCUT2D eigenvalue weighted by Crippen LogP contribution is 2.35. The molecular weight excluding hydrogens is 437 g/mol. The highest BCUT2D eigenvalue weighted by molar-refractivity contribution is 7.89. The number of anilines is 1. The third-order valence-electron chi connectivity index (χ3n) is 3.63. The van der Waals surface area contributed by atoms with Crippen LogP contribution in [-0.2, 0) is 10.0 Å². The van der Waals surface area contributed by atoms with Crippen LogP contribution in [0.2, 0.25) is 5.02 Å². The fourth-order valence-corrected chi connectivity index (χ4v) is 4.75. The van der Waals surface area contributed by atoms with Gasteiger partial charge in [-0.2, -0.15) is 13.2 Å². The van der Waals surface area contributed by atoms with Crippen LogP contribution in [0.1, 0.15) is 9.67 Å². The zero-order chi connectivity index (χ0) is 20.5. The normalized spacial score (nSPS) is 12.3. The monoisotopic (exact) mass is 448 g/mol. The van der Waals surface area contributed by atoms with Crippen molar-refractivity contribution >= 4 is 54.6 Å². The van der Waals surface area contributed by atoms with Gasteiger partial charge >= 0.3 is 6.18 Å². The van der Waals surface area contributed by atoms with Gasteiger partial charge in [0.1, 0.15) is 11.4 Å². The smallest absolute Gasteiger partial charge is 0.321 e. The van der Waals surface area contributed by atoms with Gasteiger partial charge in [0.2, 0.25) is 10.0 Å². The molecule has 0 atom stereocenters. The van der Waals surface area contributed by atoms with Gasteiger partial charge in [0.05, 0.1) is 9.92 Å². The van der Waals surface area contributed by atoms with Crippen LogP contribution in [0, 0.1) is 0 Å². The SMILES string of the molecule is O=C(Nc1ccc(S(=O)(=O)NCC(F)(F)F)cc1)c1sc2ccccc2c1Cl. The zero-order valence-corrected chi connectivity index (χ0v) is 16.3. The van der Waals surface area contributed by atoms with Crippen LogP contribution in [0.15, 0.2) is 53.4 Å². The Morgan fingerprint density at radius 1 is 1.07 bits per heavy atom. The number of rotatable bonds is 5. The summed E-state index contributed by atoms with van der Waals surface area (Å²) < 4.78 is 62.6. The van der Waals surface area contributed by atoms with Gasteiger partial charge < -0.3 is 5.32 Å². The van der Waals surface area contributed by atoms with Crippen molar-refractivity contribution in [2.45, 2.75) is 11.1 Å². The van der Waals surface area contributed by atoms with Gasteiger partial charge in [-0.15, -0.1) is 11.3 Å². The Bertz CT molecular complexity index is 1130. The van der Waals surface area contributed by atoms with Gasteiger partial charge in [-0.25, -0.2) is 13.1 Å². The number of benzene rings is 2. The predicted octanol–water partition coefficient (Wildman–Crippen LogP) is 4.65. The summed E-state index contributed by atoms with van der Waals surface area (Å²) in [6.45, 7) is -1.67. The summed E-state index contributed by atoms with van der Waals surface area (Å²) in [5.74, 6) is -0.475. The number of halogens is 4. The van der Waals surface area contributed by atoms with Crippen molar-refractivity contribution in [3.05, 3.63) is 58.4 Å². The quantitative estimate of drug-likeness (QED) is 0.596. The molecule has 0 aliphatic heterocycles. The lowest BCUT2D eigenvalue weighted by molar-refractivity contribution is -0.121. The van der Waals surface area contributed by atoms with E-state index >= 15 is 0 Å². The molecular formula is C17H12ClF3N2O3S2. The third-order valence-corrected chi connectivity index (χ3v) is 6.72. The molecule has 5 nitrogen and oxygen atoms in total. The molecule has 0 aliphatic carbocycles. The molecule has 0 spiro atoms. The molecule has 11 heteroatoms. The van der Waals surface area contributed by atoms with Gasteiger partial charge in [-0.1, -0.05) is 29.8 Å². The first-order valence-corrected chi connectivity index (χ1v) is 10.4. The minimum Gasteiger partial charge on any atom is -0.321 e. The van der Waals surface area contributed by atoms with Gasteiger partial charge in [-0.3, -0.25) is 4.79 Å². The van der Waals surface area contributed by atoms with E-state index in [2.05, 4.69) is 5.32 Å². The van der Waals surface area contributed by atoms with Crippen molar-refractivity contribution in [2.24, 2.45) is 0 Å². The molecule has 0 bridgehead atoms. The van der Waals surface area contributed by atoms with Gasteiger partial charge in [0, 0.05) is 15.8 Å². The fourth-order valence-electron chi connectivity index (χ4n) is 2.33. The first-order chi connectivity index (χ1) is 13.1. The summed E-state index contributed by atoms with van der Waals surface area (Å²) in [7, 11) is -4.32. The van der Waals surface area contributed by atoms with Gasteiger partial charge in [-0.05, 0) is 30.3 Å². The number of thiophene rings is 1. The Kier molecular flexibility index (Phi) is 5.67. The number of carbonyl (C=O) groups is 1. The van der Waals surface area contributed by atoms with Crippen LogP contribution in [-0.4, -0.2) is 27.0 Å². The number of hydrogen-bond acceptors (Lipinski definition) is 4. The molecule has 2 aromatic carbocycles. The molecule has 1 aromatic heterocycles. The number of alkyl halides is 3. The second kappa shape index (κ2) is 7.70. The Morgan fingerprint density at radius 3 is 2.32 bits per heavy atom. The van der Waals surface area contributed by atoms with Crippen molar-refractivity contribution in [3.8, 4) is 0 Å². The Balaban J connectivity index is 1.75. The lowest BCUT2D eigenvalue weighted by Gasteiger charge is -2.10. The number of sulfonamides is 1. The average molecular weight is 449 g/mol. The van der Waals surface area contributed by atoms with E-state index < -0.39 is 28.7 Å². The predicted molar refractivity (Wildman–Crippen MR) is 102 cm³/mol. The molecule has 0 saturated heterocycles. The summed E-state index contributed by atoms with van der Waals surface area (Å²) >= 11 is 7.46. The summed E-state index contributed by atoms with van der Waals surface area (Å²) in [6.07, 6.45) is -4.66. The molecule has 0 fully saturated rings. The molecule has 0 saturated carbocycles. The lowest BCUT2D eigenvalue weighted by Crippen LogP contribution is -2.33. The van der Waals surface area contributed by atoms with Gasteiger partial charge in [0.25, 0.3) is 5.91 Å². The van der Waals surface area contributed by atoms with Crippen LogP contribution in [0.3, 0.4) is 0 Å². The summed E-state index contributed by atoms with van der Waals surface area (Å²) in [5.41, 5.74) is 0.272. The molecule has 0 unspecified atom stereocenters. The highest BCUT2D eigenvalue weighted by atomic mass is 35.5. The summed E-state index contributed by atoms with van der Waals surface area (Å²) in [6, 6.07) is 12.0. The van der Waals surface area contributed by atoms with Crippen LogP contribution in [0.5, 0.6) is 0 Å². The summed E-state index contributed by atoms with van der Waals surface area (Å²) in [5, 5.41) is 3.65. The average Bonchev–Trinajstić information content (AvgIpc) is 2.97. The molecule has 1 amide bonds. The standard InChI is InChI=1S/C17H12ClF3N2O3S2/c18-14-12-3-1-2-4-13(12)27-15(14)16(24)23-10-5-7-11(8-6-10)28(25,26)22-9-17(19,20)21/h1-8,22H,9H2,(H,23,24). The maximum Gasteiger partial charge on any atom is 0.402 e. The van der Waals surface area contributed by atoms with Crippen LogP contribution >= 0.6 is 22.9 Å². The first kappa shape index (κ1) is 20.6. The molecule has 1 heterocycles. The van der Waals surface area contributed by atoms with E-state index in [1.807, 2.05) is 12.1 Å². The van der Waals surface area contributed by atoms with E-state index in [0.717, 1.165) is 22.2 Å². The van der Waals surface area contributed by atoms with E-state index in [4.69, 9.17) is 11.6 Å². The number of nitrogens with one attached hydrogen (secondary N) is 2. The lowest BCUT2D eigenvalue weighted by atomic mass is 10.2. The minimum absolute atomic E-state index is 0.272. The summed E-state index contributed by atoms with van der Waals surface area (Å²) in [4.78, 5) is 12.4. The Morgan fingerprint density at radius 2 is 1.71 bits per heavy atom. The molecule has 2 N–H and O–H groups in total. The van der Waals surface area contributed by atoms with Crippen LogP contribution in [0.4, 0.5) is 18.9 Å². The van der Waals surface area contributed by atoms with E-state index in [0.29, 0.717) is 9.90 Å². The second-order valence-corrected chi connectivity index (χ2v) is 8.86. The fraction of sp³-hybridized carbons (Fsp3) is 0.118. The highest BCUT2D eigenvalue weighted by Gasteiger charge is 2.30. The maximum absolute atomic E-state index is 12.5. The molecule has 0 aliphatic rings. The van der Waals surface area contributed by atoms with Crippen molar-refractivity contribution in [2.75, 3.05) is 11.9 Å². The van der Waals surface area contributed by atoms with Crippen molar-refractivity contribution < 1.29 is 26.4 Å². The van der Waals surface area contributed by atoms with E-state index in [1.165, 1.54) is 28.2 Å². The maximum atomic E-state index is 12.5. The molecule has 3 aromatic rings. The van der Waals surface area contributed by atoms with Crippen molar-refractivity contribution in [1.82, 2.24) is 4.72 Å². The number of fused-ring (bicyclic) bond motifs is 1. The zero-order valence-electron chi connectivity index (χ0n) is 13.9. The number of hydrogen-bond donors (Lipinski definition) is 2.